The quantitative estimate of drug-likeness (QED) is 0.742. The van der Waals surface area contributed by atoms with Crippen molar-refractivity contribution in [2.24, 2.45) is 7.05 Å². The number of nitrogens with zero attached hydrogens (tertiary/aromatic N) is 2. The van der Waals surface area contributed by atoms with E-state index in [1.54, 1.807) is 42.4 Å². The van der Waals surface area contributed by atoms with Crippen LogP contribution in [0, 0.1) is 0 Å². The molecule has 1 fully saturated rings. The normalized spacial score (nSPS) is 22.0. The zero-order chi connectivity index (χ0) is 17.6. The highest BCUT2D eigenvalue weighted by Crippen LogP contribution is 2.42. The summed E-state index contributed by atoms with van der Waals surface area (Å²) in [5.41, 5.74) is 0.406. The summed E-state index contributed by atoms with van der Waals surface area (Å²) in [6.45, 7) is 0.811. The fraction of sp³-hybridized carbons (Fsp3) is 0.316. The van der Waals surface area contributed by atoms with E-state index in [1.807, 2.05) is 12.1 Å². The summed E-state index contributed by atoms with van der Waals surface area (Å²) in [7, 11) is 1.62. The molecule has 0 N–H and O–H groups in total. The zero-order valence-corrected chi connectivity index (χ0v) is 13.9. The molecule has 0 radical (unpaired) electrons. The van der Waals surface area contributed by atoms with Crippen molar-refractivity contribution < 1.29 is 14.3 Å². The van der Waals surface area contributed by atoms with Crippen LogP contribution in [0.5, 0.6) is 0 Å². The molecular weight excluding hydrogens is 320 g/mol. The second-order valence-corrected chi connectivity index (χ2v) is 6.60. The maximum atomic E-state index is 12.9. The lowest BCUT2D eigenvalue weighted by atomic mass is 9.85. The SMILES string of the molecule is Cn1cccc(C(=O)N2CCCC3(C2)OC(=O)c2ccccc23)c1=O. The van der Waals surface area contributed by atoms with Crippen LogP contribution >= 0.6 is 0 Å². The standard InChI is InChI=1S/C19H18N2O4/c1-20-10-4-7-14(16(20)22)17(23)21-11-5-9-19(12-21)15-8-3-2-6-13(15)18(24)25-19/h2-4,6-8,10H,5,9,11-12H2,1H3. The van der Waals surface area contributed by atoms with Crippen molar-refractivity contribution >= 4 is 11.9 Å². The maximum absolute atomic E-state index is 12.9. The van der Waals surface area contributed by atoms with Gasteiger partial charge in [0.2, 0.25) is 0 Å². The molecule has 6 heteroatoms. The molecule has 128 valence electrons. The Kier molecular flexibility index (Phi) is 3.49. The highest BCUT2D eigenvalue weighted by molar-refractivity contribution is 5.96. The van der Waals surface area contributed by atoms with E-state index in [2.05, 4.69) is 0 Å². The van der Waals surface area contributed by atoms with Crippen LogP contribution < -0.4 is 5.56 Å². The monoisotopic (exact) mass is 338 g/mol. The fourth-order valence-corrected chi connectivity index (χ4v) is 3.77. The van der Waals surface area contributed by atoms with Gasteiger partial charge < -0.3 is 14.2 Å². The van der Waals surface area contributed by atoms with Gasteiger partial charge in [-0.1, -0.05) is 18.2 Å². The van der Waals surface area contributed by atoms with Crippen molar-refractivity contribution in [1.82, 2.24) is 9.47 Å². The van der Waals surface area contributed by atoms with Gasteiger partial charge in [0.05, 0.1) is 12.1 Å². The van der Waals surface area contributed by atoms with E-state index < -0.39 is 5.60 Å². The second-order valence-electron chi connectivity index (χ2n) is 6.60. The third kappa shape index (κ3) is 2.36. The van der Waals surface area contributed by atoms with Crippen molar-refractivity contribution in [3.63, 3.8) is 0 Å². The Labute approximate surface area is 144 Å². The van der Waals surface area contributed by atoms with Crippen molar-refractivity contribution in [3.8, 4) is 0 Å². The van der Waals surface area contributed by atoms with E-state index in [0.29, 0.717) is 24.9 Å². The summed E-state index contributed by atoms with van der Waals surface area (Å²) < 4.78 is 7.10. The molecule has 1 unspecified atom stereocenters. The number of hydrogen-bond acceptors (Lipinski definition) is 4. The van der Waals surface area contributed by atoms with Crippen LogP contribution in [-0.2, 0) is 17.4 Å². The first-order chi connectivity index (χ1) is 12.0. The molecule has 0 saturated carbocycles. The molecule has 1 saturated heterocycles. The van der Waals surface area contributed by atoms with E-state index in [4.69, 9.17) is 4.74 Å². The van der Waals surface area contributed by atoms with Gasteiger partial charge >= 0.3 is 5.97 Å². The number of pyridine rings is 1. The summed E-state index contributed by atoms with van der Waals surface area (Å²) in [6.07, 6.45) is 3.00. The minimum atomic E-state index is -0.804. The average Bonchev–Trinajstić information content (AvgIpc) is 2.89. The van der Waals surface area contributed by atoms with Crippen LogP contribution in [0.4, 0.5) is 0 Å². The molecule has 6 nitrogen and oxygen atoms in total. The number of rotatable bonds is 1. The number of carbonyl (C=O) groups is 2. The summed E-state index contributed by atoms with van der Waals surface area (Å²) >= 11 is 0. The fourth-order valence-electron chi connectivity index (χ4n) is 3.77. The van der Waals surface area contributed by atoms with Crippen LogP contribution in [0.2, 0.25) is 0 Å². The van der Waals surface area contributed by atoms with Crippen molar-refractivity contribution in [2.45, 2.75) is 18.4 Å². The van der Waals surface area contributed by atoms with E-state index in [1.165, 1.54) is 4.57 Å². The lowest BCUT2D eigenvalue weighted by Crippen LogP contribution is -2.49. The zero-order valence-electron chi connectivity index (χ0n) is 13.9. The first-order valence-corrected chi connectivity index (χ1v) is 8.30. The largest absolute Gasteiger partial charge is 0.449 e. The Balaban J connectivity index is 1.69. The maximum Gasteiger partial charge on any atom is 0.339 e. The molecule has 2 aliphatic rings. The molecule has 2 aromatic rings. The predicted molar refractivity (Wildman–Crippen MR) is 90.4 cm³/mol. The molecule has 1 spiro atoms. The minimum absolute atomic E-state index is 0.139. The van der Waals surface area contributed by atoms with E-state index in [0.717, 1.165) is 5.56 Å². The van der Waals surface area contributed by atoms with Crippen LogP contribution in [0.25, 0.3) is 0 Å². The smallest absolute Gasteiger partial charge is 0.339 e. The summed E-state index contributed by atoms with van der Waals surface area (Å²) in [6, 6.07) is 10.5. The summed E-state index contributed by atoms with van der Waals surface area (Å²) in [4.78, 5) is 39.0. The lowest BCUT2D eigenvalue weighted by molar-refractivity contribution is -0.0442. The van der Waals surface area contributed by atoms with E-state index in [9.17, 15) is 14.4 Å². The van der Waals surface area contributed by atoms with Gasteiger partial charge in [-0.15, -0.1) is 0 Å². The molecular formula is C19H18N2O4. The van der Waals surface area contributed by atoms with Crippen LogP contribution in [0.15, 0.2) is 47.4 Å². The van der Waals surface area contributed by atoms with Gasteiger partial charge in [-0.2, -0.15) is 0 Å². The third-order valence-electron chi connectivity index (χ3n) is 5.02. The topological polar surface area (TPSA) is 68.6 Å². The van der Waals surface area contributed by atoms with E-state index >= 15 is 0 Å². The number of aryl methyl sites for hydroxylation is 1. The molecule has 3 heterocycles. The van der Waals surface area contributed by atoms with Crippen LogP contribution in [0.3, 0.4) is 0 Å². The molecule has 2 aliphatic heterocycles. The molecule has 25 heavy (non-hydrogen) atoms. The van der Waals surface area contributed by atoms with Gasteiger partial charge in [0.15, 0.2) is 5.60 Å². The van der Waals surface area contributed by atoms with Gasteiger partial charge in [0.1, 0.15) is 5.56 Å². The Morgan fingerprint density at radius 1 is 1.16 bits per heavy atom. The van der Waals surface area contributed by atoms with Gasteiger partial charge in [0.25, 0.3) is 11.5 Å². The van der Waals surface area contributed by atoms with Gasteiger partial charge in [0, 0.05) is 25.4 Å². The molecule has 1 amide bonds. The van der Waals surface area contributed by atoms with Crippen LogP contribution in [0.1, 0.15) is 39.1 Å². The number of ether oxygens (including phenoxy) is 1. The number of benzene rings is 1. The Hall–Kier alpha value is -2.89. The molecule has 1 aromatic carbocycles. The lowest BCUT2D eigenvalue weighted by Gasteiger charge is -2.39. The van der Waals surface area contributed by atoms with Gasteiger partial charge in [-0.3, -0.25) is 9.59 Å². The highest BCUT2D eigenvalue weighted by Gasteiger charge is 2.48. The first-order valence-electron chi connectivity index (χ1n) is 8.30. The molecule has 1 atom stereocenters. The molecule has 0 bridgehead atoms. The number of amides is 1. The number of esters is 1. The second kappa shape index (κ2) is 5.58. The summed E-state index contributed by atoms with van der Waals surface area (Å²) in [5, 5.41) is 0. The number of likely N-dealkylation sites (tertiary alicyclic amines) is 1. The van der Waals surface area contributed by atoms with E-state index in [-0.39, 0.29) is 29.5 Å². The Morgan fingerprint density at radius 3 is 2.80 bits per heavy atom. The first kappa shape index (κ1) is 15.6. The predicted octanol–water partition coefficient (Wildman–Crippen LogP) is 1.69. The number of hydrogen-bond donors (Lipinski definition) is 0. The number of fused-ring (bicyclic) bond motifs is 2. The van der Waals surface area contributed by atoms with Crippen LogP contribution in [-0.4, -0.2) is 34.4 Å². The number of piperidine rings is 1. The Bertz CT molecular complexity index is 933. The molecule has 0 aliphatic carbocycles. The van der Waals surface area contributed by atoms with Crippen molar-refractivity contribution in [3.05, 3.63) is 69.6 Å². The van der Waals surface area contributed by atoms with Gasteiger partial charge in [-0.05, 0) is 31.0 Å². The number of aromatic nitrogens is 1. The highest BCUT2D eigenvalue weighted by atomic mass is 16.6. The summed E-state index contributed by atoms with van der Waals surface area (Å²) in [5.74, 6) is -0.666. The number of carbonyl (C=O) groups excluding carboxylic acids is 2. The molecule has 1 aromatic heterocycles. The average molecular weight is 338 g/mol. The van der Waals surface area contributed by atoms with Crippen molar-refractivity contribution in [1.29, 1.82) is 0 Å². The minimum Gasteiger partial charge on any atom is -0.449 e. The van der Waals surface area contributed by atoms with Crippen molar-refractivity contribution in [2.75, 3.05) is 13.1 Å². The van der Waals surface area contributed by atoms with Gasteiger partial charge in [-0.25, -0.2) is 4.79 Å². The Morgan fingerprint density at radius 2 is 1.96 bits per heavy atom. The third-order valence-corrected chi connectivity index (χ3v) is 5.02. The molecule has 4 rings (SSSR count).